The number of hydrogen-bond donors (Lipinski definition) is 0. The molecule has 10 heteroatoms. The standard InChI is InChI=1S/C25H23F2N5O3/c26-24(27)35-22-4-2-1-3-18(22)20-7-8-31-23(33)19-6-5-16(13-21(19)32(20)31)17-14-28-25(29-15-17)30-9-11-34-12-10-30/h1-6,13-15,20,24H,7-12H2/t20-/m0/s1. The SMILES string of the molecule is O=c1c2ccc(-c3cnc(N4CCOCC4)nc3)cc2n2n1CC[C@H]2c1ccccc1OC(F)F. The minimum atomic E-state index is -2.92. The molecule has 0 aliphatic carbocycles. The first-order valence-electron chi connectivity index (χ1n) is 11.5. The lowest BCUT2D eigenvalue weighted by Gasteiger charge is -2.26. The van der Waals surface area contributed by atoms with E-state index in [1.807, 2.05) is 16.8 Å². The van der Waals surface area contributed by atoms with Crippen LogP contribution in [-0.4, -0.2) is 52.2 Å². The maximum absolute atomic E-state index is 13.1. The lowest BCUT2D eigenvalue weighted by atomic mass is 10.0. The summed E-state index contributed by atoms with van der Waals surface area (Å²) in [5.41, 5.74) is 2.96. The van der Waals surface area contributed by atoms with Crippen LogP contribution in [0.2, 0.25) is 0 Å². The molecule has 35 heavy (non-hydrogen) atoms. The molecular weight excluding hydrogens is 456 g/mol. The highest BCUT2D eigenvalue weighted by molar-refractivity contribution is 5.84. The summed E-state index contributed by atoms with van der Waals surface area (Å²) < 4.78 is 39.8. The molecule has 180 valence electrons. The van der Waals surface area contributed by atoms with Crippen LogP contribution < -0.4 is 15.2 Å². The predicted octanol–water partition coefficient (Wildman–Crippen LogP) is 3.69. The zero-order chi connectivity index (χ0) is 23.9. The number of nitrogens with zero attached hydrogens (tertiary/aromatic N) is 5. The van der Waals surface area contributed by atoms with Gasteiger partial charge in [-0.2, -0.15) is 8.78 Å². The maximum Gasteiger partial charge on any atom is 0.387 e. The predicted molar refractivity (Wildman–Crippen MR) is 126 cm³/mol. The van der Waals surface area contributed by atoms with Crippen molar-refractivity contribution in [2.24, 2.45) is 0 Å². The Bertz CT molecular complexity index is 1430. The molecule has 0 saturated carbocycles. The Labute approximate surface area is 199 Å². The van der Waals surface area contributed by atoms with Crippen LogP contribution in [0.15, 0.2) is 59.7 Å². The fraction of sp³-hybridized carbons (Fsp3) is 0.320. The summed E-state index contributed by atoms with van der Waals surface area (Å²) >= 11 is 0. The van der Waals surface area contributed by atoms with Crippen LogP contribution in [0.4, 0.5) is 14.7 Å². The molecule has 2 aliphatic rings. The highest BCUT2D eigenvalue weighted by Crippen LogP contribution is 2.37. The molecule has 0 amide bonds. The first-order valence-corrected chi connectivity index (χ1v) is 11.5. The van der Waals surface area contributed by atoms with Crippen LogP contribution in [-0.2, 0) is 11.3 Å². The minimum absolute atomic E-state index is 0.0970. The van der Waals surface area contributed by atoms with Gasteiger partial charge in [0.2, 0.25) is 5.95 Å². The molecule has 6 rings (SSSR count). The van der Waals surface area contributed by atoms with Crippen molar-refractivity contribution in [3.8, 4) is 16.9 Å². The van der Waals surface area contributed by atoms with Crippen LogP contribution in [0.25, 0.3) is 22.0 Å². The molecule has 4 aromatic rings. The number of aromatic nitrogens is 4. The van der Waals surface area contributed by atoms with Gasteiger partial charge in [-0.05, 0) is 30.2 Å². The Morgan fingerprint density at radius 2 is 1.77 bits per heavy atom. The summed E-state index contributed by atoms with van der Waals surface area (Å²) in [4.78, 5) is 24.2. The molecule has 0 radical (unpaired) electrons. The zero-order valence-electron chi connectivity index (χ0n) is 18.8. The quantitative estimate of drug-likeness (QED) is 0.435. The van der Waals surface area contributed by atoms with Gasteiger partial charge in [-0.15, -0.1) is 0 Å². The van der Waals surface area contributed by atoms with Crippen LogP contribution in [0.3, 0.4) is 0 Å². The van der Waals surface area contributed by atoms with Gasteiger partial charge in [0.1, 0.15) is 5.75 Å². The van der Waals surface area contributed by atoms with E-state index in [2.05, 4.69) is 14.9 Å². The number of benzene rings is 2. The average Bonchev–Trinajstić information content (AvgIpc) is 3.44. The molecule has 2 aromatic carbocycles. The summed E-state index contributed by atoms with van der Waals surface area (Å²) in [7, 11) is 0. The van der Waals surface area contributed by atoms with Crippen LogP contribution in [0, 0.1) is 0 Å². The Morgan fingerprint density at radius 1 is 1.00 bits per heavy atom. The van der Waals surface area contributed by atoms with Gasteiger partial charge in [-0.25, -0.2) is 14.6 Å². The lowest BCUT2D eigenvalue weighted by Crippen LogP contribution is -2.37. The average molecular weight is 479 g/mol. The van der Waals surface area contributed by atoms with E-state index >= 15 is 0 Å². The molecule has 1 saturated heterocycles. The number of para-hydroxylation sites is 1. The smallest absolute Gasteiger partial charge is 0.387 e. The van der Waals surface area contributed by atoms with Crippen molar-refractivity contribution in [2.45, 2.75) is 25.6 Å². The van der Waals surface area contributed by atoms with Crippen LogP contribution >= 0.6 is 0 Å². The van der Waals surface area contributed by atoms with E-state index in [1.54, 1.807) is 41.3 Å². The fourth-order valence-corrected chi connectivity index (χ4v) is 5.00. The summed E-state index contributed by atoms with van der Waals surface area (Å²) in [6.07, 6.45) is 4.17. The van der Waals surface area contributed by atoms with Gasteiger partial charge in [0.25, 0.3) is 5.56 Å². The normalized spacial score (nSPS) is 17.8. The Balaban J connectivity index is 1.40. The first-order chi connectivity index (χ1) is 17.1. The third-order valence-corrected chi connectivity index (χ3v) is 6.64. The van der Waals surface area contributed by atoms with E-state index in [9.17, 15) is 13.6 Å². The first kappa shape index (κ1) is 21.7. The molecule has 0 N–H and O–H groups in total. The monoisotopic (exact) mass is 479 g/mol. The van der Waals surface area contributed by atoms with Gasteiger partial charge in [0, 0.05) is 43.2 Å². The third kappa shape index (κ3) is 3.83. The van der Waals surface area contributed by atoms with Crippen LogP contribution in [0.1, 0.15) is 18.0 Å². The fourth-order valence-electron chi connectivity index (χ4n) is 5.00. The Hall–Kier alpha value is -3.79. The summed E-state index contributed by atoms with van der Waals surface area (Å²) in [6, 6.07) is 12.1. The summed E-state index contributed by atoms with van der Waals surface area (Å²) in [5, 5.41) is 0.580. The highest BCUT2D eigenvalue weighted by atomic mass is 19.3. The van der Waals surface area contributed by atoms with Gasteiger partial charge in [-0.1, -0.05) is 24.3 Å². The van der Waals surface area contributed by atoms with Gasteiger partial charge in [0.05, 0.1) is 30.2 Å². The maximum atomic E-state index is 13.1. The molecule has 2 aliphatic heterocycles. The minimum Gasteiger partial charge on any atom is -0.434 e. The van der Waals surface area contributed by atoms with Crippen molar-refractivity contribution in [2.75, 3.05) is 31.2 Å². The van der Waals surface area contributed by atoms with Gasteiger partial charge < -0.3 is 14.4 Å². The molecule has 0 unspecified atom stereocenters. The lowest BCUT2D eigenvalue weighted by molar-refractivity contribution is -0.0507. The number of rotatable bonds is 5. The Kier molecular flexibility index (Phi) is 5.44. The molecule has 4 heterocycles. The van der Waals surface area contributed by atoms with Gasteiger partial charge in [0.15, 0.2) is 0 Å². The second kappa shape index (κ2) is 8.77. The van der Waals surface area contributed by atoms with E-state index in [0.29, 0.717) is 43.1 Å². The molecule has 2 aromatic heterocycles. The number of morpholine rings is 1. The number of hydrogen-bond acceptors (Lipinski definition) is 6. The largest absolute Gasteiger partial charge is 0.434 e. The highest BCUT2D eigenvalue weighted by Gasteiger charge is 2.30. The molecule has 0 bridgehead atoms. The van der Waals surface area contributed by atoms with E-state index in [0.717, 1.165) is 29.7 Å². The number of ether oxygens (including phenoxy) is 2. The van der Waals surface area contributed by atoms with Gasteiger partial charge >= 0.3 is 6.61 Å². The number of halogens is 2. The van der Waals surface area contributed by atoms with Crippen molar-refractivity contribution in [1.29, 1.82) is 0 Å². The Morgan fingerprint density at radius 3 is 2.54 bits per heavy atom. The summed E-state index contributed by atoms with van der Waals surface area (Å²) in [5.74, 6) is 0.785. The molecule has 1 atom stereocenters. The third-order valence-electron chi connectivity index (χ3n) is 6.64. The molecular formula is C25H23F2N5O3. The number of fused-ring (bicyclic) bond motifs is 3. The second-order valence-corrected chi connectivity index (χ2v) is 8.60. The summed E-state index contributed by atoms with van der Waals surface area (Å²) in [6.45, 7) is 0.389. The topological polar surface area (TPSA) is 74.4 Å². The number of anilines is 1. The second-order valence-electron chi connectivity index (χ2n) is 8.60. The van der Waals surface area contributed by atoms with E-state index in [-0.39, 0.29) is 17.4 Å². The molecule has 0 spiro atoms. The number of alkyl halides is 2. The zero-order valence-corrected chi connectivity index (χ0v) is 18.8. The van der Waals surface area contributed by atoms with Gasteiger partial charge in [-0.3, -0.25) is 9.48 Å². The van der Waals surface area contributed by atoms with Crippen molar-refractivity contribution >= 4 is 16.9 Å². The van der Waals surface area contributed by atoms with E-state index < -0.39 is 6.61 Å². The van der Waals surface area contributed by atoms with Crippen molar-refractivity contribution in [1.82, 2.24) is 19.3 Å². The van der Waals surface area contributed by atoms with Crippen molar-refractivity contribution in [3.63, 3.8) is 0 Å². The van der Waals surface area contributed by atoms with Crippen molar-refractivity contribution in [3.05, 3.63) is 70.8 Å². The van der Waals surface area contributed by atoms with E-state index in [4.69, 9.17) is 9.47 Å². The van der Waals surface area contributed by atoms with Crippen molar-refractivity contribution < 1.29 is 18.3 Å². The molecule has 1 fully saturated rings. The molecule has 8 nitrogen and oxygen atoms in total. The van der Waals surface area contributed by atoms with E-state index in [1.165, 1.54) is 6.07 Å². The van der Waals surface area contributed by atoms with Crippen LogP contribution in [0.5, 0.6) is 5.75 Å².